The van der Waals surface area contributed by atoms with Gasteiger partial charge in [0.25, 0.3) is 5.72 Å². The van der Waals surface area contributed by atoms with E-state index in [4.69, 9.17) is 0 Å². The lowest BCUT2D eigenvalue weighted by Crippen LogP contribution is -2.62. The molecule has 2 rings (SSSR count). The largest absolute Gasteiger partial charge is 0.462 e. The first-order chi connectivity index (χ1) is 10.1. The first-order valence-electron chi connectivity index (χ1n) is 6.59. The molecule has 0 aromatic carbocycles. The molecule has 0 bridgehead atoms. The monoisotopic (exact) mass is 320 g/mol. The summed E-state index contributed by atoms with van der Waals surface area (Å²) < 4.78 is 45.0. The van der Waals surface area contributed by atoms with Gasteiger partial charge in [-0.15, -0.1) is 0 Å². The molecule has 2 aliphatic heterocycles. The molecule has 1 saturated heterocycles. The van der Waals surface area contributed by atoms with Crippen molar-refractivity contribution < 1.29 is 32.6 Å². The number of aliphatic hydroxyl groups is 1. The van der Waals surface area contributed by atoms with Crippen molar-refractivity contribution in [2.45, 2.75) is 25.7 Å². The van der Waals surface area contributed by atoms with Gasteiger partial charge in [-0.3, -0.25) is 4.79 Å². The minimum atomic E-state index is -5.15. The molecular weight excluding hydrogens is 305 g/mol. The lowest BCUT2D eigenvalue weighted by atomic mass is 9.92. The number of ether oxygens (including phenoxy) is 1. The lowest BCUT2D eigenvalue weighted by molar-refractivity contribution is -0.290. The Balaban J connectivity index is 2.66. The van der Waals surface area contributed by atoms with Crippen molar-refractivity contribution in [2.75, 3.05) is 19.7 Å². The second kappa shape index (κ2) is 5.31. The molecule has 2 aliphatic rings. The first kappa shape index (κ1) is 16.3. The molecule has 2 N–H and O–H groups in total. The van der Waals surface area contributed by atoms with Gasteiger partial charge >= 0.3 is 12.1 Å². The van der Waals surface area contributed by atoms with Gasteiger partial charge in [-0.1, -0.05) is 0 Å². The van der Waals surface area contributed by atoms with E-state index in [2.05, 4.69) is 10.1 Å². The Hall–Kier alpha value is -2.03. The highest BCUT2D eigenvalue weighted by Crippen LogP contribution is 2.45. The summed E-state index contributed by atoms with van der Waals surface area (Å²) in [5.74, 6) is -1.98. The number of nitrogens with zero attached hydrogens (tertiary/aromatic N) is 1. The number of ketones is 1. The van der Waals surface area contributed by atoms with Crippen LogP contribution in [-0.2, 0) is 14.3 Å². The zero-order valence-corrected chi connectivity index (χ0v) is 12.0. The van der Waals surface area contributed by atoms with Crippen molar-refractivity contribution in [3.05, 3.63) is 23.0 Å². The first-order valence-corrected chi connectivity index (χ1v) is 6.59. The molecule has 0 aliphatic carbocycles. The van der Waals surface area contributed by atoms with Gasteiger partial charge in [0.1, 0.15) is 5.82 Å². The van der Waals surface area contributed by atoms with Crippen LogP contribution in [0.5, 0.6) is 0 Å². The highest BCUT2D eigenvalue weighted by molar-refractivity contribution is 6.01. The van der Waals surface area contributed by atoms with Crippen LogP contribution in [0.2, 0.25) is 0 Å². The summed E-state index contributed by atoms with van der Waals surface area (Å²) in [6, 6.07) is 0. The number of nitrogens with one attached hydrogen (secondary N) is 1. The van der Waals surface area contributed by atoms with Crippen LogP contribution in [0.4, 0.5) is 13.2 Å². The van der Waals surface area contributed by atoms with Gasteiger partial charge in [0.05, 0.1) is 17.8 Å². The predicted octanol–water partition coefficient (Wildman–Crippen LogP) is 0.446. The van der Waals surface area contributed by atoms with Crippen LogP contribution >= 0.6 is 0 Å². The quantitative estimate of drug-likeness (QED) is 0.735. The number of rotatable bonds is 3. The van der Waals surface area contributed by atoms with E-state index in [-0.39, 0.29) is 31.1 Å². The number of alkyl halides is 3. The Morgan fingerprint density at radius 3 is 2.64 bits per heavy atom. The number of Topliss-reactive ketones (excluding diaryl/α,β-unsaturated/α-hetero) is 1. The molecule has 0 aromatic heterocycles. The van der Waals surface area contributed by atoms with Crippen molar-refractivity contribution in [1.29, 1.82) is 0 Å². The summed E-state index contributed by atoms with van der Waals surface area (Å²) in [6.45, 7) is 2.33. The maximum atomic E-state index is 13.5. The van der Waals surface area contributed by atoms with Crippen molar-refractivity contribution in [3.8, 4) is 0 Å². The van der Waals surface area contributed by atoms with Gasteiger partial charge in [-0.25, -0.2) is 4.79 Å². The van der Waals surface area contributed by atoms with Crippen molar-refractivity contribution >= 4 is 11.8 Å². The smallest absolute Gasteiger partial charge is 0.441 e. The van der Waals surface area contributed by atoms with E-state index in [0.717, 1.165) is 13.0 Å². The van der Waals surface area contributed by atoms with Gasteiger partial charge in [0.2, 0.25) is 0 Å². The Kier molecular flexibility index (Phi) is 3.94. The highest BCUT2D eigenvalue weighted by atomic mass is 19.4. The average Bonchev–Trinajstić information content (AvgIpc) is 2.87. The van der Waals surface area contributed by atoms with Gasteiger partial charge in [0, 0.05) is 13.1 Å². The summed E-state index contributed by atoms with van der Waals surface area (Å²) in [7, 11) is 0. The summed E-state index contributed by atoms with van der Waals surface area (Å²) >= 11 is 0. The molecule has 0 radical (unpaired) electrons. The van der Waals surface area contributed by atoms with E-state index in [9.17, 15) is 27.9 Å². The molecule has 122 valence electrons. The molecule has 1 atom stereocenters. The van der Waals surface area contributed by atoms with E-state index in [0.29, 0.717) is 4.90 Å². The predicted molar refractivity (Wildman–Crippen MR) is 68.1 cm³/mol. The van der Waals surface area contributed by atoms with Gasteiger partial charge in [-0.2, -0.15) is 13.2 Å². The number of hydrogen-bond acceptors (Lipinski definition) is 6. The number of hydrogen-bond donors (Lipinski definition) is 2. The van der Waals surface area contributed by atoms with Crippen LogP contribution in [0.15, 0.2) is 23.0 Å². The van der Waals surface area contributed by atoms with E-state index >= 15 is 0 Å². The third kappa shape index (κ3) is 2.25. The number of esters is 1. The van der Waals surface area contributed by atoms with Gasteiger partial charge in [0.15, 0.2) is 5.78 Å². The van der Waals surface area contributed by atoms with E-state index in [1.165, 1.54) is 6.92 Å². The fraction of sp³-hybridized carbons (Fsp3) is 0.538. The van der Waals surface area contributed by atoms with E-state index in [1.807, 2.05) is 0 Å². The molecule has 9 heteroatoms. The molecule has 0 aromatic rings. The van der Waals surface area contributed by atoms with Gasteiger partial charge in [-0.05, 0) is 19.9 Å². The fourth-order valence-electron chi connectivity index (χ4n) is 2.50. The molecule has 1 fully saturated rings. The number of fused-ring (bicyclic) bond motifs is 1. The van der Waals surface area contributed by atoms with Crippen molar-refractivity contribution in [1.82, 2.24) is 10.2 Å². The summed E-state index contributed by atoms with van der Waals surface area (Å²) in [5.41, 5.74) is -4.65. The zero-order chi connectivity index (χ0) is 16.7. The van der Waals surface area contributed by atoms with Crippen LogP contribution in [0.3, 0.4) is 0 Å². The molecule has 6 nitrogen and oxygen atoms in total. The molecule has 22 heavy (non-hydrogen) atoms. The second-order valence-corrected chi connectivity index (χ2v) is 4.85. The topological polar surface area (TPSA) is 78.9 Å². The van der Waals surface area contributed by atoms with E-state index < -0.39 is 29.2 Å². The standard InChI is InChI=1S/C13H15F3N2O4/c1-3-22-11(20)9-6-8(7(2)19)10-17-4-5-18(10)12(9,21)13(14,15)16/h6,17,21H,3-5H2,1-2H3. The minimum absolute atomic E-state index is 0.102. The van der Waals surface area contributed by atoms with Crippen molar-refractivity contribution in [3.63, 3.8) is 0 Å². The second-order valence-electron chi connectivity index (χ2n) is 4.85. The molecule has 0 spiro atoms. The minimum Gasteiger partial charge on any atom is -0.462 e. The number of carbonyl (C=O) groups is 2. The SMILES string of the molecule is CCOC(=O)C1=CC(C(C)=O)=C2NCCN2C1(O)C(F)(F)F. The van der Waals surface area contributed by atoms with E-state index in [1.54, 1.807) is 0 Å². The van der Waals surface area contributed by atoms with Crippen LogP contribution in [0, 0.1) is 0 Å². The Morgan fingerprint density at radius 1 is 1.50 bits per heavy atom. The van der Waals surface area contributed by atoms with Crippen LogP contribution < -0.4 is 5.32 Å². The van der Waals surface area contributed by atoms with Crippen LogP contribution in [-0.4, -0.2) is 53.4 Å². The van der Waals surface area contributed by atoms with Gasteiger partial charge < -0.3 is 20.1 Å². The third-order valence-electron chi connectivity index (χ3n) is 3.48. The van der Waals surface area contributed by atoms with Crippen LogP contribution in [0.1, 0.15) is 13.8 Å². The summed E-state index contributed by atoms with van der Waals surface area (Å²) in [6.07, 6.45) is -4.40. The third-order valence-corrected chi connectivity index (χ3v) is 3.48. The molecular formula is C13H15F3N2O4. The normalized spacial score (nSPS) is 24.6. The average molecular weight is 320 g/mol. The van der Waals surface area contributed by atoms with Crippen molar-refractivity contribution in [2.24, 2.45) is 0 Å². The van der Waals surface area contributed by atoms with Crippen LogP contribution in [0.25, 0.3) is 0 Å². The Labute approximate surface area is 124 Å². The molecule has 2 heterocycles. The Bertz CT molecular complexity index is 582. The number of halogens is 3. The zero-order valence-electron chi connectivity index (χ0n) is 12.0. The fourth-order valence-corrected chi connectivity index (χ4v) is 2.50. The summed E-state index contributed by atoms with van der Waals surface area (Å²) in [4.78, 5) is 24.1. The maximum absolute atomic E-state index is 13.5. The Morgan fingerprint density at radius 2 is 2.14 bits per heavy atom. The molecule has 0 amide bonds. The molecule has 1 unspecified atom stereocenters. The number of allylic oxidation sites excluding steroid dienone is 2. The highest BCUT2D eigenvalue weighted by Gasteiger charge is 2.65. The number of carbonyl (C=O) groups excluding carboxylic acids is 2. The molecule has 0 saturated carbocycles. The lowest BCUT2D eigenvalue weighted by Gasteiger charge is -2.42. The summed E-state index contributed by atoms with van der Waals surface area (Å²) in [5, 5.41) is 12.9. The maximum Gasteiger partial charge on any atom is 0.441 e.